The van der Waals surface area contributed by atoms with Crippen molar-refractivity contribution in [3.63, 3.8) is 0 Å². The topological polar surface area (TPSA) is 24.5 Å². The van der Waals surface area contributed by atoms with E-state index in [1.807, 2.05) is 52.2 Å². The summed E-state index contributed by atoms with van der Waals surface area (Å²) in [5, 5.41) is 1.41. The molecule has 1 unspecified atom stereocenters. The fourth-order valence-corrected chi connectivity index (χ4v) is 4.00. The van der Waals surface area contributed by atoms with E-state index >= 15 is 0 Å². The molecule has 2 aromatic carbocycles. The van der Waals surface area contributed by atoms with Crippen molar-refractivity contribution in [3.8, 4) is 5.75 Å². The number of benzene rings is 2. The maximum atomic E-state index is 6.28. The van der Waals surface area contributed by atoms with Gasteiger partial charge in [-0.3, -0.25) is 0 Å². The lowest BCUT2D eigenvalue weighted by atomic mass is 9.97. The highest BCUT2D eigenvalue weighted by Crippen LogP contribution is 2.37. The van der Waals surface area contributed by atoms with E-state index < -0.39 is 0 Å². The van der Waals surface area contributed by atoms with E-state index in [9.17, 15) is 0 Å². The fourth-order valence-electron chi connectivity index (χ4n) is 2.61. The Balaban J connectivity index is 0.00000204. The summed E-state index contributed by atoms with van der Waals surface area (Å²) < 4.78 is 9.25. The van der Waals surface area contributed by atoms with Crippen LogP contribution in [0.15, 0.2) is 35.2 Å². The third-order valence-corrected chi connectivity index (χ3v) is 6.04. The Morgan fingerprint density at radius 2 is 1.83 bits per heavy atom. The average Bonchev–Trinajstić information content (AvgIpc) is 2.69. The summed E-state index contributed by atoms with van der Waals surface area (Å²) in [5.41, 5.74) is 3.40. The smallest absolute Gasteiger partial charge is 0.140 e. The van der Waals surface area contributed by atoms with Gasteiger partial charge in [-0.25, -0.2) is 0 Å². The van der Waals surface area contributed by atoms with Crippen LogP contribution in [0.3, 0.4) is 0 Å². The van der Waals surface area contributed by atoms with E-state index in [2.05, 4.69) is 36.5 Å². The molecule has 29 heavy (non-hydrogen) atoms. The molecule has 0 aliphatic rings. The first-order valence-electron chi connectivity index (χ1n) is 10.1. The molecule has 0 aliphatic heterocycles. The minimum Gasteiger partial charge on any atom is -0.491 e. The van der Waals surface area contributed by atoms with Crippen LogP contribution in [0.4, 0.5) is 5.69 Å². The number of likely N-dealkylation sites (N-methyl/N-ethyl adjacent to an activating group) is 1. The molecule has 162 valence electrons. The van der Waals surface area contributed by atoms with Crippen LogP contribution < -0.4 is 9.46 Å². The molecule has 0 aromatic heterocycles. The van der Waals surface area contributed by atoms with Gasteiger partial charge < -0.3 is 14.4 Å². The second-order valence-electron chi connectivity index (χ2n) is 6.95. The van der Waals surface area contributed by atoms with Crippen LogP contribution in [0.25, 0.3) is 0 Å². The number of ether oxygens (including phenoxy) is 1. The second-order valence-corrected chi connectivity index (χ2v) is 8.61. The Hall–Kier alpha value is -1.07. The zero-order valence-corrected chi connectivity index (χ0v) is 20.9. The van der Waals surface area contributed by atoms with Gasteiger partial charge in [-0.2, -0.15) is 0 Å². The number of hydrogen-bond acceptors (Lipinski definition) is 4. The second kappa shape index (κ2) is 13.3. The summed E-state index contributed by atoms with van der Waals surface area (Å²) in [5.74, 6) is 1.14. The molecule has 0 saturated heterocycles. The first kappa shape index (κ1) is 26.0. The molecule has 0 spiro atoms. The van der Waals surface area contributed by atoms with Gasteiger partial charge in [0.2, 0.25) is 0 Å². The molecule has 0 saturated carbocycles. The molecule has 0 amide bonds. The molecule has 0 radical (unpaired) electrons. The number of rotatable bonds is 9. The van der Waals surface area contributed by atoms with Crippen molar-refractivity contribution in [1.29, 1.82) is 0 Å². The Bertz CT molecular complexity index is 769. The van der Waals surface area contributed by atoms with Gasteiger partial charge >= 0.3 is 0 Å². The van der Waals surface area contributed by atoms with Crippen LogP contribution in [0.5, 0.6) is 5.75 Å². The average molecular weight is 458 g/mol. The lowest BCUT2D eigenvalue weighted by Crippen LogP contribution is -2.19. The summed E-state index contributed by atoms with van der Waals surface area (Å²) in [7, 11) is 4.03. The Kier molecular flexibility index (Phi) is 11.9. The quantitative estimate of drug-likeness (QED) is 0.387. The zero-order valence-electron chi connectivity index (χ0n) is 18.6. The van der Waals surface area contributed by atoms with Gasteiger partial charge in [0.05, 0.1) is 5.02 Å². The van der Waals surface area contributed by atoms with Crippen molar-refractivity contribution in [3.05, 3.63) is 51.5 Å². The molecule has 0 heterocycles. The van der Waals surface area contributed by atoms with E-state index in [0.717, 1.165) is 23.7 Å². The summed E-state index contributed by atoms with van der Waals surface area (Å²) in [6.07, 6.45) is 1.07. The van der Waals surface area contributed by atoms with E-state index in [1.54, 1.807) is 11.9 Å². The zero-order chi connectivity index (χ0) is 22.0. The predicted molar refractivity (Wildman–Crippen MR) is 131 cm³/mol. The number of nitrogens with zero attached hydrogens (tertiary/aromatic N) is 1. The van der Waals surface area contributed by atoms with Crippen molar-refractivity contribution in [2.75, 3.05) is 32.0 Å². The van der Waals surface area contributed by atoms with Crippen molar-refractivity contribution in [2.24, 2.45) is 0 Å². The third-order valence-electron chi connectivity index (χ3n) is 4.41. The highest BCUT2D eigenvalue weighted by atomic mass is 35.5. The fraction of sp³-hybridized carbons (Fsp3) is 0.478. The van der Waals surface area contributed by atoms with Gasteiger partial charge in [0, 0.05) is 28.2 Å². The molecule has 0 bridgehead atoms. The van der Waals surface area contributed by atoms with Crippen LogP contribution in [0.2, 0.25) is 10.0 Å². The first-order valence-corrected chi connectivity index (χ1v) is 11.7. The molecule has 6 heteroatoms. The number of hydrogen-bond donors (Lipinski definition) is 1. The highest BCUT2D eigenvalue weighted by Gasteiger charge is 2.14. The van der Waals surface area contributed by atoms with Crippen LogP contribution in [0, 0.1) is 6.92 Å². The summed E-state index contributed by atoms with van der Waals surface area (Å²) in [6.45, 7) is 12.0. The molecule has 1 atom stereocenters. The van der Waals surface area contributed by atoms with Gasteiger partial charge in [0.15, 0.2) is 0 Å². The Morgan fingerprint density at radius 1 is 1.14 bits per heavy atom. The lowest BCUT2D eigenvalue weighted by Gasteiger charge is -2.18. The lowest BCUT2D eigenvalue weighted by molar-refractivity contribution is 0.261. The van der Waals surface area contributed by atoms with Crippen molar-refractivity contribution < 1.29 is 4.74 Å². The van der Waals surface area contributed by atoms with E-state index in [0.29, 0.717) is 23.3 Å². The van der Waals surface area contributed by atoms with Gasteiger partial charge in [-0.15, -0.1) is 0 Å². The van der Waals surface area contributed by atoms with Crippen molar-refractivity contribution >= 4 is 40.8 Å². The van der Waals surface area contributed by atoms with Gasteiger partial charge in [-0.1, -0.05) is 50.9 Å². The number of aryl methyl sites for hydroxylation is 1. The third kappa shape index (κ3) is 8.29. The SMILES string of the molecule is CC.CCC(C)c1cc(Cl)cc(C)c1SNc1ccc(Cl)c(OCCN(C)C)c1. The molecule has 2 aromatic rings. The summed E-state index contributed by atoms with van der Waals surface area (Å²) >= 11 is 14.2. The maximum Gasteiger partial charge on any atom is 0.140 e. The highest BCUT2D eigenvalue weighted by molar-refractivity contribution is 8.00. The maximum absolute atomic E-state index is 6.28. The largest absolute Gasteiger partial charge is 0.491 e. The summed E-state index contributed by atoms with van der Waals surface area (Å²) in [6, 6.07) is 9.85. The number of halogens is 2. The normalized spacial score (nSPS) is 11.7. The first-order chi connectivity index (χ1) is 13.8. The van der Waals surface area contributed by atoms with Crippen molar-refractivity contribution in [1.82, 2.24) is 4.90 Å². The van der Waals surface area contributed by atoms with E-state index in [1.165, 1.54) is 16.0 Å². The Labute approximate surface area is 191 Å². The Morgan fingerprint density at radius 3 is 2.45 bits per heavy atom. The molecule has 3 nitrogen and oxygen atoms in total. The molecule has 1 N–H and O–H groups in total. The van der Waals surface area contributed by atoms with Crippen LogP contribution in [-0.2, 0) is 0 Å². The van der Waals surface area contributed by atoms with E-state index in [-0.39, 0.29) is 0 Å². The number of nitrogens with one attached hydrogen (secondary N) is 1. The van der Waals surface area contributed by atoms with Gasteiger partial charge in [0.25, 0.3) is 0 Å². The minimum atomic E-state index is 0.446. The van der Waals surface area contributed by atoms with E-state index in [4.69, 9.17) is 27.9 Å². The molecule has 2 rings (SSSR count). The standard InChI is InChI=1S/C21H28Cl2N2OS.C2H6/c1-6-14(2)18-12-16(22)11-15(3)21(18)27-24-17-7-8-19(23)20(13-17)26-10-9-25(4)5;1-2/h7-8,11-14,24H,6,9-10H2,1-5H3;1-2H3. The number of anilines is 1. The monoisotopic (exact) mass is 456 g/mol. The van der Waals surface area contributed by atoms with Crippen molar-refractivity contribution in [2.45, 2.75) is 51.9 Å². The molecular formula is C23H34Cl2N2OS. The predicted octanol–water partition coefficient (Wildman–Crippen LogP) is 7.90. The van der Waals surface area contributed by atoms with Gasteiger partial charge in [-0.05, 0) is 80.7 Å². The van der Waals surface area contributed by atoms with Crippen LogP contribution in [0.1, 0.15) is 51.2 Å². The molecule has 0 fully saturated rings. The molecule has 0 aliphatic carbocycles. The van der Waals surface area contributed by atoms with Crippen LogP contribution in [-0.4, -0.2) is 32.1 Å². The van der Waals surface area contributed by atoms with Gasteiger partial charge in [0.1, 0.15) is 12.4 Å². The summed E-state index contributed by atoms with van der Waals surface area (Å²) in [4.78, 5) is 3.30. The molecular weight excluding hydrogens is 423 g/mol. The van der Waals surface area contributed by atoms with Crippen LogP contribution >= 0.6 is 35.1 Å². The minimum absolute atomic E-state index is 0.446.